The Labute approximate surface area is 161 Å². The van der Waals surface area contributed by atoms with Crippen LogP contribution in [0.3, 0.4) is 0 Å². The molecule has 0 saturated carbocycles. The molecule has 0 aliphatic carbocycles. The van der Waals surface area contributed by atoms with E-state index in [4.69, 9.17) is 16.3 Å². The summed E-state index contributed by atoms with van der Waals surface area (Å²) in [5.41, 5.74) is 2.63. The second kappa shape index (κ2) is 8.65. The van der Waals surface area contributed by atoms with E-state index in [0.29, 0.717) is 5.02 Å². The minimum atomic E-state index is 0.0111. The van der Waals surface area contributed by atoms with E-state index in [1.807, 2.05) is 54.6 Å². The van der Waals surface area contributed by atoms with Crippen molar-refractivity contribution in [2.75, 3.05) is 18.6 Å². The number of rotatable bonds is 5. The van der Waals surface area contributed by atoms with Gasteiger partial charge >= 0.3 is 0 Å². The molecule has 5 heteroatoms. The molecule has 1 aliphatic heterocycles. The summed E-state index contributed by atoms with van der Waals surface area (Å²) in [6.45, 7) is 0. The molecule has 0 spiro atoms. The largest absolute Gasteiger partial charge is 0.497 e. The molecule has 1 aliphatic rings. The maximum absolute atomic E-state index is 12.9. The third-order valence-corrected chi connectivity index (χ3v) is 6.64. The van der Waals surface area contributed by atoms with Crippen LogP contribution in [0, 0.1) is 0 Å². The number of hydrogen-bond acceptors (Lipinski definition) is 4. The molecular formula is C20H17ClO2S2. The minimum Gasteiger partial charge on any atom is -0.497 e. The fourth-order valence-electron chi connectivity index (χ4n) is 2.40. The van der Waals surface area contributed by atoms with Gasteiger partial charge in [-0.3, -0.25) is 4.79 Å². The lowest BCUT2D eigenvalue weighted by atomic mass is 10.0. The van der Waals surface area contributed by atoms with Crippen LogP contribution in [-0.4, -0.2) is 24.4 Å². The number of hydrogen-bond donors (Lipinski definition) is 0. The second-order valence-electron chi connectivity index (χ2n) is 5.34. The number of ketones is 1. The van der Waals surface area contributed by atoms with Gasteiger partial charge in [0.25, 0.3) is 0 Å². The van der Waals surface area contributed by atoms with Crippen molar-refractivity contribution in [1.82, 2.24) is 0 Å². The maximum Gasteiger partial charge on any atom is 0.188 e. The Hall–Kier alpha value is -1.62. The third kappa shape index (κ3) is 4.72. The number of benzene rings is 2. The summed E-state index contributed by atoms with van der Waals surface area (Å²) in [5.74, 6) is 2.86. The van der Waals surface area contributed by atoms with Gasteiger partial charge in [-0.05, 0) is 41.5 Å². The van der Waals surface area contributed by atoms with Crippen LogP contribution in [0.2, 0.25) is 5.02 Å². The molecule has 25 heavy (non-hydrogen) atoms. The molecule has 1 saturated heterocycles. The summed E-state index contributed by atoms with van der Waals surface area (Å²) in [6.07, 6.45) is 3.46. The number of ether oxygens (including phenoxy) is 1. The van der Waals surface area contributed by atoms with Crippen molar-refractivity contribution in [2.45, 2.75) is 0 Å². The van der Waals surface area contributed by atoms with E-state index in [9.17, 15) is 4.79 Å². The number of thioether (sulfide) groups is 2. The molecule has 1 heterocycles. The lowest BCUT2D eigenvalue weighted by Crippen LogP contribution is -2.00. The highest BCUT2D eigenvalue weighted by atomic mass is 35.5. The van der Waals surface area contributed by atoms with Gasteiger partial charge in [0.1, 0.15) is 5.75 Å². The van der Waals surface area contributed by atoms with E-state index in [2.05, 4.69) is 0 Å². The standard InChI is InChI=1S/C20H17ClO2S2/c1-23-17-9-5-15(6-10-17)19(20-24-12-13-25-20)18(22)11-4-14-2-7-16(21)8-3-14/h2-11H,12-13H2,1H3/b11-4+. The van der Waals surface area contributed by atoms with Crippen LogP contribution in [0.25, 0.3) is 11.6 Å². The predicted molar refractivity (Wildman–Crippen MR) is 110 cm³/mol. The number of methoxy groups -OCH3 is 1. The van der Waals surface area contributed by atoms with Crippen molar-refractivity contribution in [2.24, 2.45) is 0 Å². The minimum absolute atomic E-state index is 0.0111. The molecule has 0 amide bonds. The molecule has 0 N–H and O–H groups in total. The monoisotopic (exact) mass is 388 g/mol. The molecule has 0 unspecified atom stereocenters. The van der Waals surface area contributed by atoms with Gasteiger partial charge in [0.2, 0.25) is 0 Å². The van der Waals surface area contributed by atoms with E-state index in [1.54, 1.807) is 36.7 Å². The Bertz CT molecular complexity index is 801. The highest BCUT2D eigenvalue weighted by molar-refractivity contribution is 8.25. The summed E-state index contributed by atoms with van der Waals surface area (Å²) in [6, 6.07) is 15.1. The number of allylic oxidation sites excluding steroid dienone is 2. The lowest BCUT2D eigenvalue weighted by molar-refractivity contribution is -0.109. The first-order valence-corrected chi connectivity index (χ1v) is 10.1. The van der Waals surface area contributed by atoms with Crippen molar-refractivity contribution in [3.8, 4) is 5.75 Å². The summed E-state index contributed by atoms with van der Waals surface area (Å²) >= 11 is 9.39. The van der Waals surface area contributed by atoms with E-state index >= 15 is 0 Å². The fourth-order valence-corrected chi connectivity index (χ4v) is 5.12. The maximum atomic E-state index is 12.9. The van der Waals surface area contributed by atoms with E-state index in [0.717, 1.165) is 38.2 Å². The molecule has 2 nitrogen and oxygen atoms in total. The first-order valence-electron chi connectivity index (χ1n) is 7.79. The molecular weight excluding hydrogens is 372 g/mol. The molecule has 3 rings (SSSR count). The Balaban J connectivity index is 1.90. The Morgan fingerprint density at radius 3 is 2.28 bits per heavy atom. The summed E-state index contributed by atoms with van der Waals surface area (Å²) < 4.78 is 6.31. The SMILES string of the molecule is COc1ccc(C(C(=O)/C=C/c2ccc(Cl)cc2)=C2SCCS2)cc1. The van der Waals surface area contributed by atoms with Crippen LogP contribution in [0.1, 0.15) is 11.1 Å². The normalized spacial score (nSPS) is 14.1. The van der Waals surface area contributed by atoms with Gasteiger partial charge in [-0.25, -0.2) is 0 Å². The Kier molecular flexibility index (Phi) is 6.29. The zero-order valence-electron chi connectivity index (χ0n) is 13.7. The topological polar surface area (TPSA) is 26.3 Å². The molecule has 2 aromatic carbocycles. The third-order valence-electron chi connectivity index (χ3n) is 3.68. The zero-order chi connectivity index (χ0) is 17.6. The lowest BCUT2D eigenvalue weighted by Gasteiger charge is -2.09. The van der Waals surface area contributed by atoms with Crippen LogP contribution >= 0.6 is 35.1 Å². The van der Waals surface area contributed by atoms with Crippen LogP contribution in [0.5, 0.6) is 5.75 Å². The predicted octanol–water partition coefficient (Wildman–Crippen LogP) is 5.78. The van der Waals surface area contributed by atoms with E-state index in [-0.39, 0.29) is 5.78 Å². The van der Waals surface area contributed by atoms with E-state index in [1.165, 1.54) is 0 Å². The Morgan fingerprint density at radius 2 is 1.68 bits per heavy atom. The van der Waals surface area contributed by atoms with Gasteiger partial charge in [-0.15, -0.1) is 23.5 Å². The van der Waals surface area contributed by atoms with Gasteiger partial charge in [0.15, 0.2) is 5.78 Å². The van der Waals surface area contributed by atoms with Crippen molar-refractivity contribution < 1.29 is 9.53 Å². The molecule has 0 atom stereocenters. The molecule has 0 radical (unpaired) electrons. The van der Waals surface area contributed by atoms with Gasteiger partial charge < -0.3 is 4.74 Å². The average molecular weight is 389 g/mol. The number of carbonyl (C=O) groups is 1. The smallest absolute Gasteiger partial charge is 0.188 e. The van der Waals surface area contributed by atoms with Gasteiger partial charge in [0.05, 0.1) is 11.3 Å². The van der Waals surface area contributed by atoms with Gasteiger partial charge in [0, 0.05) is 22.1 Å². The van der Waals surface area contributed by atoms with Crippen molar-refractivity contribution >= 4 is 52.6 Å². The van der Waals surface area contributed by atoms with Crippen LogP contribution in [0.4, 0.5) is 0 Å². The average Bonchev–Trinajstić information content (AvgIpc) is 3.16. The number of halogens is 1. The van der Waals surface area contributed by atoms with Gasteiger partial charge in [-0.1, -0.05) is 41.9 Å². The molecule has 0 bridgehead atoms. The highest BCUT2D eigenvalue weighted by Crippen LogP contribution is 2.42. The zero-order valence-corrected chi connectivity index (χ0v) is 16.1. The molecule has 1 fully saturated rings. The van der Waals surface area contributed by atoms with Crippen molar-refractivity contribution in [3.63, 3.8) is 0 Å². The van der Waals surface area contributed by atoms with E-state index < -0.39 is 0 Å². The van der Waals surface area contributed by atoms with Gasteiger partial charge in [-0.2, -0.15) is 0 Å². The fraction of sp³-hybridized carbons (Fsp3) is 0.150. The van der Waals surface area contributed by atoms with Crippen LogP contribution in [0.15, 0.2) is 58.8 Å². The first-order chi connectivity index (χ1) is 12.2. The summed E-state index contributed by atoms with van der Waals surface area (Å²) in [5, 5.41) is 0.684. The summed E-state index contributed by atoms with van der Waals surface area (Å²) in [7, 11) is 1.64. The van der Waals surface area contributed by atoms with Crippen molar-refractivity contribution in [1.29, 1.82) is 0 Å². The number of carbonyl (C=O) groups excluding carboxylic acids is 1. The Morgan fingerprint density at radius 1 is 1.04 bits per heavy atom. The molecule has 2 aromatic rings. The highest BCUT2D eigenvalue weighted by Gasteiger charge is 2.20. The quantitative estimate of drug-likeness (QED) is 0.606. The van der Waals surface area contributed by atoms with Crippen molar-refractivity contribution in [3.05, 3.63) is 75.0 Å². The van der Waals surface area contributed by atoms with Crippen LogP contribution in [-0.2, 0) is 4.79 Å². The molecule has 128 valence electrons. The molecule has 0 aromatic heterocycles. The summed E-state index contributed by atoms with van der Waals surface area (Å²) in [4.78, 5) is 12.9. The first kappa shape index (κ1) is 18.2. The van der Waals surface area contributed by atoms with Crippen LogP contribution < -0.4 is 4.74 Å². The second-order valence-corrected chi connectivity index (χ2v) is 8.24.